The Balaban J connectivity index is 1.78. The van der Waals surface area contributed by atoms with Crippen LogP contribution >= 0.6 is 0 Å². The molecule has 0 atom stereocenters. The van der Waals surface area contributed by atoms with Gasteiger partial charge in [-0.25, -0.2) is 0 Å². The molecule has 0 unspecified atom stereocenters. The van der Waals surface area contributed by atoms with E-state index in [1.165, 1.54) is 25.7 Å². The lowest BCUT2D eigenvalue weighted by atomic mass is 10.2. The minimum atomic E-state index is 0.0925. The second kappa shape index (κ2) is 7.29. The number of likely N-dealkylation sites (N-methyl/N-ethyl adjacent to an activating group) is 1. The first-order valence-corrected chi connectivity index (χ1v) is 7.52. The van der Waals surface area contributed by atoms with Crippen LogP contribution in [-0.4, -0.2) is 36.5 Å². The van der Waals surface area contributed by atoms with E-state index in [-0.39, 0.29) is 5.84 Å². The van der Waals surface area contributed by atoms with E-state index in [9.17, 15) is 0 Å². The van der Waals surface area contributed by atoms with Crippen molar-refractivity contribution >= 4 is 5.84 Å². The maximum Gasteiger partial charge on any atom is 0.122 e. The Morgan fingerprint density at radius 3 is 2.50 bits per heavy atom. The van der Waals surface area contributed by atoms with Gasteiger partial charge >= 0.3 is 0 Å². The van der Waals surface area contributed by atoms with E-state index in [0.29, 0.717) is 6.61 Å². The summed E-state index contributed by atoms with van der Waals surface area (Å²) >= 11 is 0. The van der Waals surface area contributed by atoms with Crippen LogP contribution in [-0.2, 0) is 0 Å². The largest absolute Gasteiger partial charge is 0.492 e. The van der Waals surface area contributed by atoms with Gasteiger partial charge in [-0.05, 0) is 43.7 Å². The molecule has 4 heteroatoms. The number of hydrogen-bond acceptors (Lipinski definition) is 3. The first kappa shape index (κ1) is 14.9. The van der Waals surface area contributed by atoms with Gasteiger partial charge in [-0.2, -0.15) is 0 Å². The minimum absolute atomic E-state index is 0.0925. The molecule has 1 aromatic carbocycles. The maximum atomic E-state index is 7.35. The predicted octanol–water partition coefficient (Wildman–Crippen LogP) is 2.61. The van der Waals surface area contributed by atoms with Crippen molar-refractivity contribution in [3.05, 3.63) is 29.8 Å². The number of nitrogens with one attached hydrogen (secondary N) is 1. The van der Waals surface area contributed by atoms with Gasteiger partial charge in [-0.15, -0.1) is 0 Å². The second-order valence-corrected chi connectivity index (χ2v) is 5.35. The number of amidine groups is 1. The third kappa shape index (κ3) is 3.97. The topological polar surface area (TPSA) is 62.3 Å². The highest BCUT2D eigenvalue weighted by atomic mass is 16.5. The Morgan fingerprint density at radius 2 is 1.95 bits per heavy atom. The molecule has 0 bridgehead atoms. The van der Waals surface area contributed by atoms with Crippen molar-refractivity contribution in [2.75, 3.05) is 19.7 Å². The molecule has 0 aromatic heterocycles. The average Bonchev–Trinajstić information content (AvgIpc) is 2.98. The van der Waals surface area contributed by atoms with E-state index in [4.69, 9.17) is 15.9 Å². The summed E-state index contributed by atoms with van der Waals surface area (Å²) in [6.07, 6.45) is 5.41. The molecule has 20 heavy (non-hydrogen) atoms. The lowest BCUT2D eigenvalue weighted by Gasteiger charge is -2.27. The zero-order chi connectivity index (χ0) is 14.4. The van der Waals surface area contributed by atoms with Gasteiger partial charge in [0.1, 0.15) is 18.2 Å². The molecule has 3 N–H and O–H groups in total. The van der Waals surface area contributed by atoms with Crippen LogP contribution in [0.3, 0.4) is 0 Å². The smallest absolute Gasteiger partial charge is 0.122 e. The molecule has 1 aromatic rings. The van der Waals surface area contributed by atoms with Gasteiger partial charge < -0.3 is 10.5 Å². The summed E-state index contributed by atoms with van der Waals surface area (Å²) in [5, 5.41) is 7.35. The van der Waals surface area contributed by atoms with E-state index in [1.54, 1.807) is 0 Å². The molecule has 1 saturated carbocycles. The Morgan fingerprint density at radius 1 is 1.30 bits per heavy atom. The number of rotatable bonds is 7. The van der Waals surface area contributed by atoms with Crippen molar-refractivity contribution in [1.82, 2.24) is 4.90 Å². The number of benzene rings is 1. The SMILES string of the molecule is CCN(CCOc1ccc(C(=N)N)cc1)C1CCCC1. The van der Waals surface area contributed by atoms with E-state index in [2.05, 4.69) is 11.8 Å². The summed E-state index contributed by atoms with van der Waals surface area (Å²) in [6, 6.07) is 8.16. The highest BCUT2D eigenvalue weighted by Crippen LogP contribution is 2.23. The zero-order valence-corrected chi connectivity index (χ0v) is 12.3. The molecule has 1 fully saturated rings. The van der Waals surface area contributed by atoms with Crippen LogP contribution in [0.25, 0.3) is 0 Å². The molecule has 0 amide bonds. The molecular formula is C16H25N3O. The Labute approximate surface area is 121 Å². The van der Waals surface area contributed by atoms with Gasteiger partial charge in [0.25, 0.3) is 0 Å². The van der Waals surface area contributed by atoms with E-state index in [1.807, 2.05) is 24.3 Å². The first-order chi connectivity index (χ1) is 9.70. The number of nitrogens with two attached hydrogens (primary N) is 1. The van der Waals surface area contributed by atoms with Crippen LogP contribution < -0.4 is 10.5 Å². The van der Waals surface area contributed by atoms with E-state index in [0.717, 1.165) is 30.4 Å². The Hall–Kier alpha value is -1.55. The molecule has 0 spiro atoms. The maximum absolute atomic E-state index is 7.35. The summed E-state index contributed by atoms with van der Waals surface area (Å²) in [5.74, 6) is 0.937. The fourth-order valence-electron chi connectivity index (χ4n) is 2.88. The molecule has 4 nitrogen and oxygen atoms in total. The zero-order valence-electron chi connectivity index (χ0n) is 12.3. The van der Waals surface area contributed by atoms with Gasteiger partial charge in [-0.3, -0.25) is 10.3 Å². The molecule has 0 aliphatic heterocycles. The van der Waals surface area contributed by atoms with Gasteiger partial charge in [0, 0.05) is 18.2 Å². The van der Waals surface area contributed by atoms with E-state index < -0.39 is 0 Å². The second-order valence-electron chi connectivity index (χ2n) is 5.35. The quantitative estimate of drug-likeness (QED) is 0.594. The summed E-state index contributed by atoms with van der Waals surface area (Å²) < 4.78 is 5.78. The van der Waals surface area contributed by atoms with Crippen molar-refractivity contribution in [2.45, 2.75) is 38.6 Å². The third-order valence-corrected chi connectivity index (χ3v) is 4.06. The predicted molar refractivity (Wildman–Crippen MR) is 82.5 cm³/mol. The normalized spacial score (nSPS) is 15.7. The highest BCUT2D eigenvalue weighted by molar-refractivity contribution is 5.94. The third-order valence-electron chi connectivity index (χ3n) is 4.06. The summed E-state index contributed by atoms with van der Waals surface area (Å²) in [4.78, 5) is 2.52. The highest BCUT2D eigenvalue weighted by Gasteiger charge is 2.20. The average molecular weight is 275 g/mol. The van der Waals surface area contributed by atoms with Crippen molar-refractivity contribution in [3.63, 3.8) is 0 Å². The van der Waals surface area contributed by atoms with Crippen molar-refractivity contribution in [3.8, 4) is 5.75 Å². The summed E-state index contributed by atoms with van der Waals surface area (Å²) in [5.41, 5.74) is 6.16. The minimum Gasteiger partial charge on any atom is -0.492 e. The number of hydrogen-bond donors (Lipinski definition) is 2. The molecule has 2 rings (SSSR count). The van der Waals surface area contributed by atoms with Gasteiger partial charge in [0.2, 0.25) is 0 Å². The molecule has 1 aliphatic carbocycles. The van der Waals surface area contributed by atoms with Crippen LogP contribution in [0.4, 0.5) is 0 Å². The van der Waals surface area contributed by atoms with Gasteiger partial charge in [-0.1, -0.05) is 19.8 Å². The van der Waals surface area contributed by atoms with Gasteiger partial charge in [0.05, 0.1) is 0 Å². The van der Waals surface area contributed by atoms with Gasteiger partial charge in [0.15, 0.2) is 0 Å². The number of nitrogens with zero attached hydrogens (tertiary/aromatic N) is 1. The molecule has 0 heterocycles. The lowest BCUT2D eigenvalue weighted by molar-refractivity contribution is 0.168. The van der Waals surface area contributed by atoms with Crippen LogP contribution in [0, 0.1) is 5.41 Å². The molecular weight excluding hydrogens is 250 g/mol. The Kier molecular flexibility index (Phi) is 5.41. The standard InChI is InChI=1S/C16H25N3O/c1-2-19(14-5-3-4-6-14)11-12-20-15-9-7-13(8-10-15)16(17)18/h7-10,14H,2-6,11-12H2,1H3,(H3,17,18). The van der Waals surface area contributed by atoms with Crippen molar-refractivity contribution in [1.29, 1.82) is 5.41 Å². The first-order valence-electron chi connectivity index (χ1n) is 7.52. The molecule has 110 valence electrons. The summed E-state index contributed by atoms with van der Waals surface area (Å²) in [7, 11) is 0. The van der Waals surface area contributed by atoms with Crippen molar-refractivity contribution in [2.24, 2.45) is 5.73 Å². The monoisotopic (exact) mass is 275 g/mol. The Bertz CT molecular complexity index is 424. The molecule has 0 saturated heterocycles. The molecule has 1 aliphatic rings. The lowest BCUT2D eigenvalue weighted by Crippen LogP contribution is -2.36. The summed E-state index contributed by atoms with van der Waals surface area (Å²) in [6.45, 7) is 5.01. The van der Waals surface area contributed by atoms with Crippen LogP contribution in [0.2, 0.25) is 0 Å². The van der Waals surface area contributed by atoms with E-state index >= 15 is 0 Å². The molecule has 0 radical (unpaired) electrons. The fourth-order valence-corrected chi connectivity index (χ4v) is 2.88. The number of nitrogen functional groups attached to an aromatic ring is 1. The van der Waals surface area contributed by atoms with Crippen LogP contribution in [0.5, 0.6) is 5.75 Å². The van der Waals surface area contributed by atoms with Crippen LogP contribution in [0.1, 0.15) is 38.2 Å². The van der Waals surface area contributed by atoms with Crippen molar-refractivity contribution < 1.29 is 4.74 Å². The van der Waals surface area contributed by atoms with Crippen LogP contribution in [0.15, 0.2) is 24.3 Å². The number of ether oxygens (including phenoxy) is 1. The fraction of sp³-hybridized carbons (Fsp3) is 0.562.